The van der Waals surface area contributed by atoms with Crippen LogP contribution in [-0.2, 0) is 10.0 Å². The lowest BCUT2D eigenvalue weighted by Gasteiger charge is -2.11. The third-order valence-electron chi connectivity index (χ3n) is 2.70. The van der Waals surface area contributed by atoms with Gasteiger partial charge in [0.25, 0.3) is 10.0 Å². The van der Waals surface area contributed by atoms with Crippen molar-refractivity contribution in [2.75, 3.05) is 4.72 Å². The molecule has 2 aromatic carbocycles. The topological polar surface area (TPSA) is 104 Å². The molecule has 0 amide bonds. The van der Waals surface area contributed by atoms with Gasteiger partial charge >= 0.3 is 5.97 Å². The van der Waals surface area contributed by atoms with E-state index >= 15 is 0 Å². The number of carboxylic acid groups (broad SMARTS) is 1. The van der Waals surface area contributed by atoms with E-state index in [9.17, 15) is 27.1 Å². The fraction of sp³-hybridized carbons (Fsp3) is 0. The molecule has 6 nitrogen and oxygen atoms in total. The maximum absolute atomic E-state index is 13.8. The number of rotatable bonds is 4. The van der Waals surface area contributed by atoms with E-state index < -0.39 is 49.5 Å². The van der Waals surface area contributed by atoms with Crippen molar-refractivity contribution in [1.82, 2.24) is 0 Å². The number of aromatic carboxylic acids is 1. The third kappa shape index (κ3) is 2.98. The first kappa shape index (κ1) is 15.7. The van der Waals surface area contributed by atoms with E-state index in [4.69, 9.17) is 5.11 Å². The maximum Gasteiger partial charge on any atom is 0.335 e. The number of hydrogen-bond donors (Lipinski definition) is 3. The van der Waals surface area contributed by atoms with Crippen LogP contribution in [0.2, 0.25) is 0 Å². The number of anilines is 1. The number of aromatic hydroxyl groups is 1. The maximum atomic E-state index is 13.8. The van der Waals surface area contributed by atoms with Crippen molar-refractivity contribution in [1.29, 1.82) is 0 Å². The van der Waals surface area contributed by atoms with Crippen molar-refractivity contribution in [3.05, 3.63) is 53.6 Å². The van der Waals surface area contributed by atoms with E-state index in [1.54, 1.807) is 4.72 Å². The Hall–Kier alpha value is -2.68. The van der Waals surface area contributed by atoms with Crippen molar-refractivity contribution in [2.24, 2.45) is 0 Å². The Labute approximate surface area is 123 Å². The van der Waals surface area contributed by atoms with Crippen LogP contribution in [0.15, 0.2) is 41.3 Å². The second kappa shape index (κ2) is 5.60. The molecule has 0 atom stereocenters. The van der Waals surface area contributed by atoms with Gasteiger partial charge in [0.2, 0.25) is 0 Å². The average molecular weight is 329 g/mol. The zero-order chi connectivity index (χ0) is 16.5. The molecule has 0 saturated heterocycles. The monoisotopic (exact) mass is 329 g/mol. The molecule has 0 spiro atoms. The first-order chi connectivity index (χ1) is 10.2. The zero-order valence-corrected chi connectivity index (χ0v) is 11.6. The summed E-state index contributed by atoms with van der Waals surface area (Å²) in [7, 11) is -4.55. The first-order valence-electron chi connectivity index (χ1n) is 5.75. The standard InChI is InChI=1S/C13H9F2NO5S/c14-8-2-1-3-10(17)12(8)16-22(20,21)11-5-4-7(13(18)19)6-9(11)15/h1-6,16-17H,(H,18,19). The number of nitrogens with one attached hydrogen (secondary N) is 1. The molecule has 0 aliphatic heterocycles. The van der Waals surface area contributed by atoms with Crippen LogP contribution >= 0.6 is 0 Å². The normalized spacial score (nSPS) is 11.2. The number of sulfonamides is 1. The van der Waals surface area contributed by atoms with Gasteiger partial charge in [0.15, 0.2) is 5.82 Å². The Kier molecular flexibility index (Phi) is 4.00. The summed E-state index contributed by atoms with van der Waals surface area (Å²) in [6.07, 6.45) is 0. The summed E-state index contributed by atoms with van der Waals surface area (Å²) >= 11 is 0. The molecule has 0 unspecified atom stereocenters. The molecule has 0 radical (unpaired) electrons. The van der Waals surface area contributed by atoms with Crippen LogP contribution in [0.4, 0.5) is 14.5 Å². The second-order valence-corrected chi connectivity index (χ2v) is 5.84. The summed E-state index contributed by atoms with van der Waals surface area (Å²) in [5, 5.41) is 18.1. The summed E-state index contributed by atoms with van der Waals surface area (Å²) < 4.78 is 53.1. The summed E-state index contributed by atoms with van der Waals surface area (Å²) in [6.45, 7) is 0. The Morgan fingerprint density at radius 2 is 1.77 bits per heavy atom. The zero-order valence-electron chi connectivity index (χ0n) is 10.7. The van der Waals surface area contributed by atoms with Crippen molar-refractivity contribution in [3.63, 3.8) is 0 Å². The molecule has 22 heavy (non-hydrogen) atoms. The molecular formula is C13H9F2NO5S. The van der Waals surface area contributed by atoms with Crippen LogP contribution in [0.25, 0.3) is 0 Å². The Balaban J connectivity index is 2.45. The predicted molar refractivity (Wildman–Crippen MR) is 72.2 cm³/mol. The van der Waals surface area contributed by atoms with Crippen LogP contribution in [0.3, 0.4) is 0 Å². The van der Waals surface area contributed by atoms with Gasteiger partial charge in [-0.2, -0.15) is 0 Å². The van der Waals surface area contributed by atoms with Crippen LogP contribution in [0, 0.1) is 11.6 Å². The van der Waals surface area contributed by atoms with Gasteiger partial charge in [0, 0.05) is 0 Å². The lowest BCUT2D eigenvalue weighted by molar-refractivity contribution is 0.0696. The van der Waals surface area contributed by atoms with Gasteiger partial charge in [-0.1, -0.05) is 6.07 Å². The molecule has 0 heterocycles. The number of carboxylic acids is 1. The number of hydrogen-bond acceptors (Lipinski definition) is 4. The molecule has 0 aromatic heterocycles. The molecule has 0 bridgehead atoms. The van der Waals surface area contributed by atoms with Gasteiger partial charge in [0.05, 0.1) is 5.56 Å². The summed E-state index contributed by atoms with van der Waals surface area (Å²) in [5.41, 5.74) is -1.17. The third-order valence-corrected chi connectivity index (χ3v) is 4.08. The van der Waals surface area contributed by atoms with Crippen LogP contribution in [0.1, 0.15) is 10.4 Å². The van der Waals surface area contributed by atoms with Crippen molar-refractivity contribution < 1.29 is 32.2 Å². The van der Waals surface area contributed by atoms with Gasteiger partial charge in [-0.15, -0.1) is 0 Å². The molecule has 2 aromatic rings. The Bertz CT molecular complexity index is 831. The van der Waals surface area contributed by atoms with E-state index in [1.165, 1.54) is 0 Å². The van der Waals surface area contributed by atoms with E-state index in [2.05, 4.69) is 0 Å². The second-order valence-electron chi connectivity index (χ2n) is 4.19. The minimum atomic E-state index is -4.55. The largest absolute Gasteiger partial charge is 0.506 e. The number of carbonyl (C=O) groups is 1. The molecule has 3 N–H and O–H groups in total. The minimum absolute atomic E-state index is 0.440. The van der Waals surface area contributed by atoms with Crippen LogP contribution < -0.4 is 4.72 Å². The van der Waals surface area contributed by atoms with Crippen LogP contribution in [-0.4, -0.2) is 24.6 Å². The number of para-hydroxylation sites is 1. The van der Waals surface area contributed by atoms with E-state index in [0.717, 1.165) is 30.3 Å². The van der Waals surface area contributed by atoms with Gasteiger partial charge in [-0.3, -0.25) is 4.72 Å². The number of phenolic OH excluding ortho intramolecular Hbond substituents is 1. The number of halogens is 2. The quantitative estimate of drug-likeness (QED) is 0.746. The van der Waals surface area contributed by atoms with Gasteiger partial charge in [-0.25, -0.2) is 22.0 Å². The summed E-state index contributed by atoms with van der Waals surface area (Å²) in [6, 6.07) is 5.26. The Morgan fingerprint density at radius 3 is 2.32 bits per heavy atom. The first-order valence-corrected chi connectivity index (χ1v) is 7.24. The molecule has 0 aliphatic carbocycles. The molecule has 9 heteroatoms. The van der Waals surface area contributed by atoms with Crippen molar-refractivity contribution in [3.8, 4) is 5.75 Å². The Morgan fingerprint density at radius 1 is 1.09 bits per heavy atom. The SMILES string of the molecule is O=C(O)c1ccc(S(=O)(=O)Nc2c(O)cccc2F)c(F)c1. The fourth-order valence-electron chi connectivity index (χ4n) is 1.65. The van der Waals surface area contributed by atoms with E-state index in [0.29, 0.717) is 6.07 Å². The smallest absolute Gasteiger partial charge is 0.335 e. The molecule has 116 valence electrons. The van der Waals surface area contributed by atoms with Gasteiger partial charge in [-0.05, 0) is 30.3 Å². The molecule has 0 saturated carbocycles. The fourth-order valence-corrected chi connectivity index (χ4v) is 2.80. The minimum Gasteiger partial charge on any atom is -0.506 e. The van der Waals surface area contributed by atoms with Gasteiger partial charge < -0.3 is 10.2 Å². The van der Waals surface area contributed by atoms with E-state index in [-0.39, 0.29) is 0 Å². The molecule has 2 rings (SSSR count). The average Bonchev–Trinajstić information content (AvgIpc) is 2.42. The van der Waals surface area contributed by atoms with Crippen molar-refractivity contribution in [2.45, 2.75) is 4.90 Å². The number of benzene rings is 2. The predicted octanol–water partition coefficient (Wildman–Crippen LogP) is 2.17. The summed E-state index contributed by atoms with van der Waals surface area (Å²) in [5.74, 6) is -4.47. The molecule has 0 aliphatic rings. The summed E-state index contributed by atoms with van der Waals surface area (Å²) in [4.78, 5) is 9.81. The number of phenols is 1. The highest BCUT2D eigenvalue weighted by atomic mass is 32.2. The van der Waals surface area contributed by atoms with Crippen LogP contribution in [0.5, 0.6) is 5.75 Å². The highest BCUT2D eigenvalue weighted by Gasteiger charge is 2.23. The molecule has 0 fully saturated rings. The lowest BCUT2D eigenvalue weighted by Crippen LogP contribution is -2.16. The highest BCUT2D eigenvalue weighted by Crippen LogP contribution is 2.29. The van der Waals surface area contributed by atoms with Crippen molar-refractivity contribution >= 4 is 21.7 Å². The van der Waals surface area contributed by atoms with Gasteiger partial charge in [0.1, 0.15) is 22.1 Å². The molecular weight excluding hydrogens is 320 g/mol. The lowest BCUT2D eigenvalue weighted by atomic mass is 10.2. The highest BCUT2D eigenvalue weighted by molar-refractivity contribution is 7.92. The van der Waals surface area contributed by atoms with E-state index in [1.807, 2.05) is 0 Å².